The molecule has 20 heavy (non-hydrogen) atoms. The van der Waals surface area contributed by atoms with E-state index in [2.05, 4.69) is 0 Å². The van der Waals surface area contributed by atoms with Gasteiger partial charge in [-0.25, -0.2) is 0 Å². The summed E-state index contributed by atoms with van der Waals surface area (Å²) in [5.74, 6) is -2.63. The molecule has 0 aromatic heterocycles. The number of carbonyl (C=O) groups is 1. The van der Waals surface area contributed by atoms with Crippen LogP contribution in [-0.4, -0.2) is 30.3 Å². The molecule has 0 spiro atoms. The quantitative estimate of drug-likeness (QED) is 0.695. The highest BCUT2D eigenvalue weighted by atomic mass is 19.4. The molecule has 2 atom stereocenters. The third kappa shape index (κ3) is 2.75. The van der Waals surface area contributed by atoms with E-state index in [1.165, 1.54) is 0 Å². The number of Topliss-reactive ketones (excluding diaryl/α,β-unsaturated/α-hetero) is 1. The Labute approximate surface area is 117 Å². The molecule has 0 bridgehead atoms. The lowest BCUT2D eigenvalue weighted by atomic mass is 9.58. The molecule has 1 saturated carbocycles. The highest BCUT2D eigenvalue weighted by Gasteiger charge is 2.59. The highest BCUT2D eigenvalue weighted by molar-refractivity contribution is 6.48. The van der Waals surface area contributed by atoms with Crippen LogP contribution in [0.2, 0.25) is 5.82 Å². The van der Waals surface area contributed by atoms with Crippen LogP contribution < -0.4 is 0 Å². The van der Waals surface area contributed by atoms with Gasteiger partial charge in [0.15, 0.2) is 0 Å². The predicted octanol–water partition coefficient (Wildman–Crippen LogP) is 3.38. The number of alkyl halides is 3. The number of ketones is 1. The first-order valence-electron chi connectivity index (χ1n) is 6.88. The van der Waals surface area contributed by atoms with Gasteiger partial charge in [-0.15, -0.1) is 0 Å². The fourth-order valence-electron chi connectivity index (χ4n) is 2.79. The van der Waals surface area contributed by atoms with E-state index in [0.29, 0.717) is 0 Å². The molecule has 2 fully saturated rings. The lowest BCUT2D eigenvalue weighted by Gasteiger charge is -2.33. The van der Waals surface area contributed by atoms with Crippen LogP contribution in [0.3, 0.4) is 0 Å². The Balaban J connectivity index is 2.23. The number of halogens is 3. The highest BCUT2D eigenvalue weighted by Crippen LogP contribution is 2.50. The van der Waals surface area contributed by atoms with Crippen LogP contribution in [-0.2, 0) is 14.1 Å². The first-order chi connectivity index (χ1) is 8.94. The summed E-state index contributed by atoms with van der Waals surface area (Å²) in [7, 11) is -0.976. The summed E-state index contributed by atoms with van der Waals surface area (Å²) in [4.78, 5) is 11.5. The molecule has 3 nitrogen and oxygen atoms in total. The van der Waals surface area contributed by atoms with Gasteiger partial charge in [-0.1, -0.05) is 0 Å². The number of hydrogen-bond acceptors (Lipinski definition) is 3. The minimum Gasteiger partial charge on any atom is -0.403 e. The third-order valence-electron chi connectivity index (χ3n) is 4.76. The number of rotatable bonds is 1. The molecule has 0 amide bonds. The van der Waals surface area contributed by atoms with Crippen molar-refractivity contribution in [2.75, 3.05) is 0 Å². The van der Waals surface area contributed by atoms with Crippen molar-refractivity contribution in [1.82, 2.24) is 0 Å². The Kier molecular flexibility index (Phi) is 3.74. The van der Waals surface area contributed by atoms with Gasteiger partial charge in [0.05, 0.1) is 17.1 Å². The molecule has 114 valence electrons. The van der Waals surface area contributed by atoms with E-state index in [0.717, 1.165) is 0 Å². The molecule has 0 aromatic rings. The van der Waals surface area contributed by atoms with E-state index in [-0.39, 0.29) is 25.0 Å². The molecule has 1 aliphatic carbocycles. The van der Waals surface area contributed by atoms with E-state index in [9.17, 15) is 18.0 Å². The topological polar surface area (TPSA) is 35.5 Å². The van der Waals surface area contributed by atoms with Crippen molar-refractivity contribution < 1.29 is 27.3 Å². The Bertz CT molecular complexity index is 390. The maximum absolute atomic E-state index is 13.1. The molecule has 1 aliphatic heterocycles. The van der Waals surface area contributed by atoms with Crippen molar-refractivity contribution in [3.8, 4) is 0 Å². The van der Waals surface area contributed by atoms with Crippen molar-refractivity contribution in [1.29, 1.82) is 0 Å². The van der Waals surface area contributed by atoms with E-state index in [1.807, 2.05) is 0 Å². The molecule has 2 aliphatic rings. The van der Waals surface area contributed by atoms with Gasteiger partial charge in [-0.05, 0) is 34.1 Å². The van der Waals surface area contributed by atoms with Crippen LogP contribution in [0.1, 0.15) is 47.0 Å². The maximum Gasteiger partial charge on any atom is 0.462 e. The molecule has 0 N–H and O–H groups in total. The van der Waals surface area contributed by atoms with Gasteiger partial charge in [-0.2, -0.15) is 13.2 Å². The minimum absolute atomic E-state index is 0.0137. The van der Waals surface area contributed by atoms with Gasteiger partial charge in [0.2, 0.25) is 0 Å². The van der Waals surface area contributed by atoms with Gasteiger partial charge in [-0.3, -0.25) is 4.79 Å². The van der Waals surface area contributed by atoms with Crippen molar-refractivity contribution in [3.63, 3.8) is 0 Å². The van der Waals surface area contributed by atoms with Gasteiger partial charge in [0, 0.05) is 18.7 Å². The van der Waals surface area contributed by atoms with Crippen molar-refractivity contribution in [3.05, 3.63) is 0 Å². The van der Waals surface area contributed by atoms with E-state index < -0.39 is 36.2 Å². The molecule has 0 radical (unpaired) electrons. The zero-order valence-corrected chi connectivity index (χ0v) is 12.2. The summed E-state index contributed by atoms with van der Waals surface area (Å²) in [5, 5.41) is 0. The third-order valence-corrected chi connectivity index (χ3v) is 4.76. The van der Waals surface area contributed by atoms with Crippen LogP contribution in [0.5, 0.6) is 0 Å². The SMILES string of the molecule is CC1(C)OB(C2CC(=O)CCC2C(F)(F)F)OC1(C)C. The van der Waals surface area contributed by atoms with Crippen LogP contribution in [0.25, 0.3) is 0 Å². The standard InChI is InChI=1S/C13H20BF3O3/c1-11(2)12(3,4)20-14(19-11)10-7-8(18)5-6-9(10)13(15,16)17/h9-10H,5-7H2,1-4H3. The molecule has 1 heterocycles. The zero-order valence-electron chi connectivity index (χ0n) is 12.2. The van der Waals surface area contributed by atoms with Crippen LogP contribution in [0.15, 0.2) is 0 Å². The van der Waals surface area contributed by atoms with Gasteiger partial charge in [0.1, 0.15) is 5.78 Å². The Morgan fingerprint density at radius 2 is 1.65 bits per heavy atom. The summed E-state index contributed by atoms with van der Waals surface area (Å²) >= 11 is 0. The van der Waals surface area contributed by atoms with Crippen molar-refractivity contribution in [2.45, 2.75) is 70.2 Å². The van der Waals surface area contributed by atoms with Crippen molar-refractivity contribution >= 4 is 12.9 Å². The first kappa shape index (κ1) is 15.8. The van der Waals surface area contributed by atoms with Gasteiger partial charge >= 0.3 is 13.3 Å². The largest absolute Gasteiger partial charge is 0.462 e. The van der Waals surface area contributed by atoms with Crippen molar-refractivity contribution in [2.24, 2.45) is 5.92 Å². The second kappa shape index (κ2) is 4.73. The number of hydrogen-bond donors (Lipinski definition) is 0. The maximum atomic E-state index is 13.1. The fourth-order valence-corrected chi connectivity index (χ4v) is 2.79. The lowest BCUT2D eigenvalue weighted by Crippen LogP contribution is -2.41. The lowest BCUT2D eigenvalue weighted by molar-refractivity contribution is -0.183. The molecule has 2 unspecified atom stereocenters. The Hall–Kier alpha value is -0.555. The average Bonchev–Trinajstić information content (AvgIpc) is 2.46. The number of carbonyl (C=O) groups excluding carboxylic acids is 1. The second-order valence-corrected chi connectivity index (χ2v) is 6.72. The fraction of sp³-hybridized carbons (Fsp3) is 0.923. The summed E-state index contributed by atoms with van der Waals surface area (Å²) in [6.45, 7) is 7.17. The first-order valence-corrected chi connectivity index (χ1v) is 6.88. The second-order valence-electron chi connectivity index (χ2n) is 6.72. The van der Waals surface area contributed by atoms with E-state index in [1.54, 1.807) is 27.7 Å². The van der Waals surface area contributed by atoms with Crippen LogP contribution in [0.4, 0.5) is 13.2 Å². The smallest absolute Gasteiger partial charge is 0.403 e. The monoisotopic (exact) mass is 292 g/mol. The van der Waals surface area contributed by atoms with Gasteiger partial charge < -0.3 is 9.31 Å². The van der Waals surface area contributed by atoms with E-state index in [4.69, 9.17) is 9.31 Å². The molecule has 7 heteroatoms. The molecular weight excluding hydrogens is 272 g/mol. The van der Waals surface area contributed by atoms with Gasteiger partial charge in [0.25, 0.3) is 0 Å². The van der Waals surface area contributed by atoms with Crippen LogP contribution >= 0.6 is 0 Å². The predicted molar refractivity (Wildman–Crippen MR) is 68.2 cm³/mol. The average molecular weight is 292 g/mol. The molecular formula is C13H20BF3O3. The molecule has 1 saturated heterocycles. The summed E-state index contributed by atoms with van der Waals surface area (Å²) in [5.41, 5.74) is -1.37. The van der Waals surface area contributed by atoms with E-state index >= 15 is 0 Å². The minimum atomic E-state index is -4.32. The summed E-state index contributed by atoms with van der Waals surface area (Å²) in [6, 6.07) is 0. The van der Waals surface area contributed by atoms with Crippen LogP contribution in [0, 0.1) is 5.92 Å². The normalized spacial score (nSPS) is 33.5. The molecule has 0 aromatic carbocycles. The summed E-state index contributed by atoms with van der Waals surface area (Å²) < 4.78 is 50.8. The Morgan fingerprint density at radius 3 is 2.10 bits per heavy atom. The molecule has 2 rings (SSSR count). The zero-order chi connectivity index (χ0) is 15.3. The Morgan fingerprint density at radius 1 is 1.15 bits per heavy atom. The summed E-state index contributed by atoms with van der Waals surface area (Å²) in [6.07, 6.45) is -4.63.